The summed E-state index contributed by atoms with van der Waals surface area (Å²) in [4.78, 5) is 13.7. The molecular weight excluding hydrogens is 359 g/mol. The van der Waals surface area contributed by atoms with E-state index in [-0.39, 0.29) is 25.2 Å². The number of amides is 1. The van der Waals surface area contributed by atoms with Crippen LogP contribution in [0.3, 0.4) is 0 Å². The first-order valence-electron chi connectivity index (χ1n) is 7.46. The van der Waals surface area contributed by atoms with Gasteiger partial charge in [0.2, 0.25) is 15.9 Å². The number of benzene rings is 1. The number of likely N-dealkylation sites (N-methyl/N-ethyl adjacent to an activating group) is 1. The number of rotatable bonds is 8. The molecule has 0 heterocycles. The molecule has 1 rings (SSSR count). The highest BCUT2D eigenvalue weighted by Gasteiger charge is 2.30. The Hall–Kier alpha value is -1.65. The van der Waals surface area contributed by atoms with Crippen molar-refractivity contribution in [2.45, 2.75) is 12.6 Å². The highest BCUT2D eigenvalue weighted by Crippen LogP contribution is 2.30. The van der Waals surface area contributed by atoms with E-state index < -0.39 is 27.7 Å². The van der Waals surface area contributed by atoms with Crippen LogP contribution >= 0.6 is 0 Å². The van der Waals surface area contributed by atoms with Crippen molar-refractivity contribution in [1.82, 2.24) is 9.21 Å². The summed E-state index contributed by atoms with van der Waals surface area (Å²) in [5.41, 5.74) is -0.854. The number of hydrogen-bond acceptors (Lipinski definition) is 4. The summed E-state index contributed by atoms with van der Waals surface area (Å²) >= 11 is 0. The number of carbonyl (C=O) groups excluding carboxylic acids is 1. The molecule has 0 saturated carbocycles. The van der Waals surface area contributed by atoms with E-state index in [0.29, 0.717) is 6.54 Å². The molecule has 1 aromatic rings. The van der Waals surface area contributed by atoms with E-state index in [9.17, 15) is 26.4 Å². The van der Waals surface area contributed by atoms with Crippen LogP contribution in [0.4, 0.5) is 18.9 Å². The second-order valence-electron chi connectivity index (χ2n) is 5.84. The van der Waals surface area contributed by atoms with Gasteiger partial charge in [-0.1, -0.05) is 6.07 Å². The van der Waals surface area contributed by atoms with Crippen LogP contribution in [0.2, 0.25) is 0 Å². The zero-order valence-corrected chi connectivity index (χ0v) is 15.1. The van der Waals surface area contributed by atoms with Crippen LogP contribution in [-0.2, 0) is 21.0 Å². The molecule has 0 bridgehead atoms. The van der Waals surface area contributed by atoms with E-state index in [1.54, 1.807) is 19.0 Å². The smallest absolute Gasteiger partial charge is 0.326 e. The molecule has 1 aromatic carbocycles. The molecule has 1 amide bonds. The minimum Gasteiger partial charge on any atom is -0.326 e. The molecule has 0 aliphatic carbocycles. The number of nitrogens with one attached hydrogen (secondary N) is 1. The Bertz CT molecular complexity index is 691. The molecule has 0 unspecified atom stereocenters. The molecule has 0 aliphatic heterocycles. The summed E-state index contributed by atoms with van der Waals surface area (Å²) in [6, 6.07) is 4.27. The minimum atomic E-state index is -4.50. The summed E-state index contributed by atoms with van der Waals surface area (Å²) in [5.74, 6) is -0.558. The van der Waals surface area contributed by atoms with Crippen molar-refractivity contribution in [3.8, 4) is 0 Å². The Morgan fingerprint density at radius 1 is 1.16 bits per heavy atom. The molecule has 10 heteroatoms. The fourth-order valence-corrected chi connectivity index (χ4v) is 2.81. The maximum absolute atomic E-state index is 12.7. The fourth-order valence-electron chi connectivity index (χ4n) is 1.98. The standard InChI is InChI=1S/C15H22F3N3O3S/c1-20(2)9-10-21(25(3,23)24)8-7-14(22)19-13-6-4-5-12(11-13)15(16,17)18/h4-6,11H,7-10H2,1-3H3,(H,19,22). The first-order valence-corrected chi connectivity index (χ1v) is 9.31. The average molecular weight is 381 g/mol. The van der Waals surface area contributed by atoms with Crippen molar-refractivity contribution >= 4 is 21.6 Å². The molecule has 25 heavy (non-hydrogen) atoms. The van der Waals surface area contributed by atoms with Gasteiger partial charge in [0.25, 0.3) is 0 Å². The van der Waals surface area contributed by atoms with Gasteiger partial charge < -0.3 is 10.2 Å². The predicted octanol–water partition coefficient (Wildman–Crippen LogP) is 1.86. The van der Waals surface area contributed by atoms with Crippen molar-refractivity contribution in [3.05, 3.63) is 29.8 Å². The Morgan fingerprint density at radius 2 is 1.80 bits per heavy atom. The SMILES string of the molecule is CN(C)CCN(CCC(=O)Nc1cccc(C(F)(F)F)c1)S(C)(=O)=O. The van der Waals surface area contributed by atoms with Gasteiger partial charge in [-0.25, -0.2) is 12.7 Å². The van der Waals surface area contributed by atoms with Crippen LogP contribution in [0.5, 0.6) is 0 Å². The Kier molecular flexibility index (Phi) is 7.39. The van der Waals surface area contributed by atoms with Gasteiger partial charge in [0, 0.05) is 31.7 Å². The summed E-state index contributed by atoms with van der Waals surface area (Å²) in [7, 11) is 0.108. The molecule has 142 valence electrons. The minimum absolute atomic E-state index is 0.0130. The lowest BCUT2D eigenvalue weighted by Crippen LogP contribution is -2.37. The van der Waals surface area contributed by atoms with E-state index >= 15 is 0 Å². The van der Waals surface area contributed by atoms with Crippen molar-refractivity contribution in [2.24, 2.45) is 0 Å². The molecule has 0 aliphatic rings. The van der Waals surface area contributed by atoms with Gasteiger partial charge in [-0.3, -0.25) is 4.79 Å². The molecule has 0 aromatic heterocycles. The lowest BCUT2D eigenvalue weighted by Gasteiger charge is -2.21. The molecule has 6 nitrogen and oxygen atoms in total. The van der Waals surface area contributed by atoms with Crippen molar-refractivity contribution in [2.75, 3.05) is 45.3 Å². The van der Waals surface area contributed by atoms with Crippen LogP contribution in [0.25, 0.3) is 0 Å². The molecule has 1 N–H and O–H groups in total. The van der Waals surface area contributed by atoms with Gasteiger partial charge in [-0.2, -0.15) is 13.2 Å². The fraction of sp³-hybridized carbons (Fsp3) is 0.533. The van der Waals surface area contributed by atoms with Gasteiger partial charge in [0.15, 0.2) is 0 Å². The number of anilines is 1. The number of hydrogen-bond donors (Lipinski definition) is 1. The first-order chi connectivity index (χ1) is 11.4. The van der Waals surface area contributed by atoms with Gasteiger partial charge in [-0.05, 0) is 32.3 Å². The second kappa shape index (κ2) is 8.63. The van der Waals surface area contributed by atoms with Crippen LogP contribution in [-0.4, -0.2) is 63.5 Å². The predicted molar refractivity (Wildman–Crippen MR) is 89.7 cm³/mol. The van der Waals surface area contributed by atoms with E-state index in [1.165, 1.54) is 16.4 Å². The van der Waals surface area contributed by atoms with E-state index in [2.05, 4.69) is 5.32 Å². The summed E-state index contributed by atoms with van der Waals surface area (Å²) in [6.45, 7) is 0.669. The molecule has 0 atom stereocenters. The topological polar surface area (TPSA) is 69.7 Å². The van der Waals surface area contributed by atoms with Gasteiger partial charge in [0.05, 0.1) is 11.8 Å². The molecule has 0 fully saturated rings. The summed E-state index contributed by atoms with van der Waals surface area (Å²) in [5, 5.41) is 2.36. The normalized spacial score (nSPS) is 12.6. The zero-order chi connectivity index (χ0) is 19.3. The van der Waals surface area contributed by atoms with Crippen LogP contribution in [0.15, 0.2) is 24.3 Å². The number of halogens is 3. The maximum atomic E-state index is 12.7. The highest BCUT2D eigenvalue weighted by molar-refractivity contribution is 7.88. The van der Waals surface area contributed by atoms with Crippen molar-refractivity contribution in [3.63, 3.8) is 0 Å². The van der Waals surface area contributed by atoms with Gasteiger partial charge in [0.1, 0.15) is 0 Å². The Balaban J connectivity index is 2.66. The third-order valence-electron chi connectivity index (χ3n) is 3.33. The second-order valence-corrected chi connectivity index (χ2v) is 7.82. The number of nitrogens with zero attached hydrogens (tertiary/aromatic N) is 2. The average Bonchev–Trinajstić information content (AvgIpc) is 2.44. The highest BCUT2D eigenvalue weighted by atomic mass is 32.2. The van der Waals surface area contributed by atoms with Gasteiger partial charge >= 0.3 is 6.18 Å². The van der Waals surface area contributed by atoms with Crippen LogP contribution in [0, 0.1) is 0 Å². The van der Waals surface area contributed by atoms with Crippen molar-refractivity contribution in [1.29, 1.82) is 0 Å². The number of carbonyl (C=O) groups is 1. The molecule has 0 spiro atoms. The number of sulfonamides is 1. The van der Waals surface area contributed by atoms with Crippen LogP contribution in [0.1, 0.15) is 12.0 Å². The Morgan fingerprint density at radius 3 is 2.32 bits per heavy atom. The van der Waals surface area contributed by atoms with Gasteiger partial charge in [-0.15, -0.1) is 0 Å². The molecule has 0 saturated heterocycles. The monoisotopic (exact) mass is 381 g/mol. The largest absolute Gasteiger partial charge is 0.416 e. The molecule has 0 radical (unpaired) electrons. The Labute approximate surface area is 145 Å². The summed E-state index contributed by atoms with van der Waals surface area (Å²) < 4.78 is 62.6. The quantitative estimate of drug-likeness (QED) is 0.746. The summed E-state index contributed by atoms with van der Waals surface area (Å²) in [6.07, 6.45) is -3.61. The molecular formula is C15H22F3N3O3S. The third kappa shape index (κ3) is 7.84. The number of alkyl halides is 3. The van der Waals surface area contributed by atoms with E-state index in [0.717, 1.165) is 18.4 Å². The first kappa shape index (κ1) is 21.4. The van der Waals surface area contributed by atoms with E-state index in [4.69, 9.17) is 0 Å². The van der Waals surface area contributed by atoms with E-state index in [1.807, 2.05) is 0 Å². The van der Waals surface area contributed by atoms with Crippen molar-refractivity contribution < 1.29 is 26.4 Å². The maximum Gasteiger partial charge on any atom is 0.416 e. The lowest BCUT2D eigenvalue weighted by molar-refractivity contribution is -0.137. The zero-order valence-electron chi connectivity index (χ0n) is 14.3. The lowest BCUT2D eigenvalue weighted by atomic mass is 10.2. The third-order valence-corrected chi connectivity index (χ3v) is 4.63. The van der Waals surface area contributed by atoms with Crippen LogP contribution < -0.4 is 5.32 Å².